The van der Waals surface area contributed by atoms with Crippen LogP contribution in [0.1, 0.15) is 118 Å². The summed E-state index contributed by atoms with van der Waals surface area (Å²) in [5.74, 6) is -0.483. The van der Waals surface area contributed by atoms with Crippen LogP contribution in [0, 0.1) is 0 Å². The van der Waals surface area contributed by atoms with E-state index in [0.29, 0.717) is 39.4 Å². The van der Waals surface area contributed by atoms with E-state index in [4.69, 9.17) is 18.9 Å². The molecule has 1 rings (SSSR count). The molecule has 2 N–H and O–H groups in total. The van der Waals surface area contributed by atoms with Crippen LogP contribution >= 0.6 is 0 Å². The highest BCUT2D eigenvalue weighted by molar-refractivity contribution is 5.70. The number of alkyl carbamates (subject to hydrolysis) is 2. The number of carbonyl (C=O) groups is 4. The molecule has 2 unspecified atom stereocenters. The Kier molecular flexibility index (Phi) is 27.3. The van der Waals surface area contributed by atoms with Crippen molar-refractivity contribution in [1.29, 1.82) is 0 Å². The summed E-state index contributed by atoms with van der Waals surface area (Å²) in [7, 11) is 2.13. The van der Waals surface area contributed by atoms with E-state index in [1.54, 1.807) is 0 Å². The number of hydrogen-bond acceptors (Lipinski definition) is 11. The summed E-state index contributed by atoms with van der Waals surface area (Å²) >= 11 is 0. The van der Waals surface area contributed by atoms with Crippen molar-refractivity contribution in [3.8, 4) is 0 Å². The van der Waals surface area contributed by atoms with Gasteiger partial charge in [-0.05, 0) is 71.3 Å². The summed E-state index contributed by atoms with van der Waals surface area (Å²) in [6.45, 7) is 16.8. The fraction of sp³-hybridized carbons (Fsp3) is 0.892. The van der Waals surface area contributed by atoms with Gasteiger partial charge in [0.25, 0.3) is 0 Å². The van der Waals surface area contributed by atoms with Crippen molar-refractivity contribution in [2.75, 3.05) is 85.7 Å². The zero-order valence-electron chi connectivity index (χ0n) is 32.1. The molecule has 0 aromatic carbocycles. The molecule has 0 saturated carbocycles. The molecule has 0 aromatic heterocycles. The molecule has 50 heavy (non-hydrogen) atoms. The topological polar surface area (TPSA) is 139 Å². The van der Waals surface area contributed by atoms with Crippen LogP contribution in [0.3, 0.4) is 0 Å². The molecule has 1 heterocycles. The molecule has 2 amide bonds. The second kappa shape index (κ2) is 30.0. The number of hydrogen-bond donors (Lipinski definition) is 2. The third-order valence-electron chi connectivity index (χ3n) is 8.98. The molecular weight excluding hydrogens is 642 g/mol. The molecule has 0 spiro atoms. The summed E-state index contributed by atoms with van der Waals surface area (Å²) in [5, 5.41) is 5.60. The fourth-order valence-electron chi connectivity index (χ4n) is 5.62. The van der Waals surface area contributed by atoms with Gasteiger partial charge in [-0.2, -0.15) is 0 Å². The Morgan fingerprint density at radius 1 is 0.640 bits per heavy atom. The molecule has 1 saturated heterocycles. The van der Waals surface area contributed by atoms with Gasteiger partial charge in [0.05, 0.1) is 26.1 Å². The first-order valence-corrected chi connectivity index (χ1v) is 19.5. The number of rotatable bonds is 29. The zero-order valence-corrected chi connectivity index (χ0v) is 32.1. The lowest BCUT2D eigenvalue weighted by atomic mass is 10.2. The Hall–Kier alpha value is -2.64. The smallest absolute Gasteiger partial charge is 0.407 e. The Balaban J connectivity index is 2.28. The third-order valence-corrected chi connectivity index (χ3v) is 8.98. The number of ether oxygens (including phenoxy) is 4. The van der Waals surface area contributed by atoms with Gasteiger partial charge in [0.2, 0.25) is 0 Å². The largest absolute Gasteiger partial charge is 0.466 e. The first kappa shape index (κ1) is 45.4. The van der Waals surface area contributed by atoms with Gasteiger partial charge in [-0.25, -0.2) is 9.59 Å². The van der Waals surface area contributed by atoms with E-state index in [-0.39, 0.29) is 49.2 Å². The lowest BCUT2D eigenvalue weighted by Crippen LogP contribution is -2.47. The minimum Gasteiger partial charge on any atom is -0.466 e. The van der Waals surface area contributed by atoms with Gasteiger partial charge in [0.1, 0.15) is 12.2 Å². The van der Waals surface area contributed by atoms with E-state index in [1.165, 1.54) is 0 Å². The molecule has 292 valence electrons. The molecule has 1 aliphatic rings. The minimum absolute atomic E-state index is 0.0325. The average Bonchev–Trinajstić information content (AvgIpc) is 3.10. The number of likely N-dealkylation sites (N-methyl/N-ethyl adjacent to an activating group) is 1. The van der Waals surface area contributed by atoms with E-state index in [2.05, 4.69) is 46.2 Å². The summed E-state index contributed by atoms with van der Waals surface area (Å²) in [6, 6.07) is 0. The van der Waals surface area contributed by atoms with Crippen LogP contribution in [0.25, 0.3) is 0 Å². The normalized spacial score (nSPS) is 14.9. The maximum atomic E-state index is 12.5. The molecule has 0 aromatic rings. The molecule has 0 aliphatic carbocycles. The number of nitrogens with zero attached hydrogens (tertiary/aromatic N) is 3. The number of esters is 2. The highest BCUT2D eigenvalue weighted by Gasteiger charge is 2.17. The van der Waals surface area contributed by atoms with E-state index >= 15 is 0 Å². The molecule has 13 heteroatoms. The van der Waals surface area contributed by atoms with Crippen LogP contribution in [0.5, 0.6) is 0 Å². The molecule has 0 radical (unpaired) electrons. The molecule has 1 fully saturated rings. The van der Waals surface area contributed by atoms with Crippen molar-refractivity contribution in [2.24, 2.45) is 0 Å². The van der Waals surface area contributed by atoms with E-state index in [1.807, 2.05) is 13.8 Å². The van der Waals surface area contributed by atoms with Crippen molar-refractivity contribution >= 4 is 24.1 Å². The predicted octanol–water partition coefficient (Wildman–Crippen LogP) is 5.35. The third kappa shape index (κ3) is 24.5. The lowest BCUT2D eigenvalue weighted by Gasteiger charge is -2.34. The standard InChI is InChI=1S/C37H71N5O8/c1-6-16-32(8-3)49-36(45)38-20-12-10-14-30-47-34(43)18-22-41(28-29-42-26-24-40(5)25-27-42)23-19-35(44)48-31-15-11-13-21-39-37(46)50-33(9-4)17-7-2/h32-33H,6-31H2,1-5H3,(H,38,45)(H,39,46). The number of carbonyl (C=O) groups excluding carboxylic acids is 4. The van der Waals surface area contributed by atoms with Crippen LogP contribution < -0.4 is 10.6 Å². The second-order valence-corrected chi connectivity index (χ2v) is 13.4. The SMILES string of the molecule is CCCC(CC)OC(=O)NCCCCCOC(=O)CCN(CCC(=O)OCCCCCNC(=O)OC(CC)CCC)CCN1CCN(C)CC1. The number of nitrogens with one attached hydrogen (secondary N) is 2. The Morgan fingerprint density at radius 3 is 1.52 bits per heavy atom. The number of piperazine rings is 1. The van der Waals surface area contributed by atoms with Crippen LogP contribution in [-0.2, 0) is 28.5 Å². The summed E-state index contributed by atoms with van der Waals surface area (Å²) < 4.78 is 21.8. The number of amides is 2. The van der Waals surface area contributed by atoms with Crippen molar-refractivity contribution in [2.45, 2.75) is 130 Å². The Bertz CT molecular complexity index is 845. The van der Waals surface area contributed by atoms with Crippen molar-refractivity contribution in [3.63, 3.8) is 0 Å². The molecule has 0 bridgehead atoms. The molecule has 2 atom stereocenters. The zero-order chi connectivity index (χ0) is 36.8. The first-order chi connectivity index (χ1) is 24.2. The second-order valence-electron chi connectivity index (χ2n) is 13.4. The maximum Gasteiger partial charge on any atom is 0.407 e. The van der Waals surface area contributed by atoms with E-state index < -0.39 is 0 Å². The highest BCUT2D eigenvalue weighted by atomic mass is 16.6. The van der Waals surface area contributed by atoms with Gasteiger partial charge < -0.3 is 39.4 Å². The van der Waals surface area contributed by atoms with Crippen molar-refractivity contribution < 1.29 is 38.1 Å². The molecule has 13 nitrogen and oxygen atoms in total. The van der Waals surface area contributed by atoms with Gasteiger partial charge in [-0.15, -0.1) is 0 Å². The Morgan fingerprint density at radius 2 is 1.10 bits per heavy atom. The van der Waals surface area contributed by atoms with Gasteiger partial charge in [0.15, 0.2) is 0 Å². The minimum atomic E-state index is -0.366. The lowest BCUT2D eigenvalue weighted by molar-refractivity contribution is -0.144. The van der Waals surface area contributed by atoms with E-state index in [9.17, 15) is 19.2 Å². The van der Waals surface area contributed by atoms with Crippen LogP contribution in [0.4, 0.5) is 9.59 Å². The fourth-order valence-corrected chi connectivity index (χ4v) is 5.62. The summed E-state index contributed by atoms with van der Waals surface area (Å²) in [6.07, 6.45) is 9.79. The van der Waals surface area contributed by atoms with Gasteiger partial charge in [0, 0.05) is 65.4 Å². The van der Waals surface area contributed by atoms with Gasteiger partial charge >= 0.3 is 24.1 Å². The van der Waals surface area contributed by atoms with Crippen LogP contribution in [-0.4, -0.2) is 137 Å². The Labute approximate surface area is 302 Å². The van der Waals surface area contributed by atoms with Gasteiger partial charge in [-0.1, -0.05) is 40.5 Å². The van der Waals surface area contributed by atoms with Gasteiger partial charge in [-0.3, -0.25) is 14.5 Å². The molecule has 1 aliphatic heterocycles. The monoisotopic (exact) mass is 714 g/mol. The highest BCUT2D eigenvalue weighted by Crippen LogP contribution is 2.08. The predicted molar refractivity (Wildman–Crippen MR) is 196 cm³/mol. The molecular formula is C37H71N5O8. The van der Waals surface area contributed by atoms with Crippen LogP contribution in [0.15, 0.2) is 0 Å². The summed E-state index contributed by atoms with van der Waals surface area (Å²) in [5.41, 5.74) is 0. The van der Waals surface area contributed by atoms with Crippen LogP contribution in [0.2, 0.25) is 0 Å². The van der Waals surface area contributed by atoms with E-state index in [0.717, 1.165) is 116 Å². The average molecular weight is 714 g/mol. The quantitative estimate of drug-likeness (QED) is 0.0589. The number of unbranched alkanes of at least 4 members (excludes halogenated alkanes) is 4. The first-order valence-electron chi connectivity index (χ1n) is 19.5. The van der Waals surface area contributed by atoms with Crippen molar-refractivity contribution in [1.82, 2.24) is 25.3 Å². The maximum absolute atomic E-state index is 12.5. The summed E-state index contributed by atoms with van der Waals surface area (Å²) in [4.78, 5) is 55.8. The van der Waals surface area contributed by atoms with Crippen molar-refractivity contribution in [3.05, 3.63) is 0 Å².